The zero-order chi connectivity index (χ0) is 10.6. The fourth-order valence-electron chi connectivity index (χ4n) is 1.26. The highest BCUT2D eigenvalue weighted by molar-refractivity contribution is 6.00. The van der Waals surface area contributed by atoms with E-state index in [9.17, 15) is 0 Å². The van der Waals surface area contributed by atoms with Crippen LogP contribution in [0.5, 0.6) is 0 Å². The van der Waals surface area contributed by atoms with Crippen molar-refractivity contribution in [1.29, 1.82) is 5.41 Å². The average molecular weight is 189 g/mol. The van der Waals surface area contributed by atoms with E-state index in [-0.39, 0.29) is 5.92 Å². The van der Waals surface area contributed by atoms with E-state index in [1.165, 1.54) is 7.11 Å². The molecule has 0 saturated carbocycles. The molecule has 0 aliphatic heterocycles. The fourth-order valence-corrected chi connectivity index (χ4v) is 1.26. The smallest absolute Gasteiger partial charge is 0.133 e. The summed E-state index contributed by atoms with van der Waals surface area (Å²) in [5.74, 6) is 0.463. The first kappa shape index (κ1) is 10.5. The second kappa shape index (κ2) is 4.61. The van der Waals surface area contributed by atoms with Crippen LogP contribution in [0.3, 0.4) is 0 Å². The third kappa shape index (κ3) is 2.22. The van der Waals surface area contributed by atoms with Crippen molar-refractivity contribution in [3.63, 3.8) is 0 Å². The van der Waals surface area contributed by atoms with Crippen LogP contribution in [0.1, 0.15) is 18.4 Å². The van der Waals surface area contributed by atoms with Crippen molar-refractivity contribution in [1.82, 2.24) is 0 Å². The summed E-state index contributed by atoms with van der Waals surface area (Å²) in [7, 11) is 1.54. The van der Waals surface area contributed by atoms with Crippen LogP contribution in [-0.2, 0) is 4.74 Å². The molecule has 0 aliphatic carbocycles. The van der Waals surface area contributed by atoms with E-state index >= 15 is 0 Å². The fraction of sp³-hybridized carbons (Fsp3) is 0.250. The Bertz CT molecular complexity index is 329. The Morgan fingerprint density at radius 2 is 1.93 bits per heavy atom. The molecule has 1 rings (SSSR count). The van der Waals surface area contributed by atoms with Crippen LogP contribution < -0.4 is 0 Å². The molecule has 0 spiro atoms. The first-order chi connectivity index (χ1) is 6.66. The van der Waals surface area contributed by atoms with Crippen LogP contribution in [0.25, 0.3) is 0 Å². The molecule has 0 radical (unpaired) electrons. The predicted molar refractivity (Wildman–Crippen MR) is 58.7 cm³/mol. The molecular formula is C12H15NO. The van der Waals surface area contributed by atoms with Gasteiger partial charge in [0, 0.05) is 5.92 Å². The van der Waals surface area contributed by atoms with Crippen molar-refractivity contribution in [2.24, 2.45) is 0 Å². The molecule has 0 aliphatic rings. The minimum absolute atomic E-state index is 0.0312. The van der Waals surface area contributed by atoms with E-state index in [1.807, 2.05) is 37.3 Å². The Morgan fingerprint density at radius 1 is 1.36 bits per heavy atom. The van der Waals surface area contributed by atoms with Crippen molar-refractivity contribution in [2.45, 2.75) is 12.8 Å². The van der Waals surface area contributed by atoms with Gasteiger partial charge in [-0.1, -0.05) is 43.8 Å². The SMILES string of the molecule is C=C(OC)C(=N)C(C)c1ccccc1. The first-order valence-electron chi connectivity index (χ1n) is 4.53. The summed E-state index contributed by atoms with van der Waals surface area (Å²) in [6, 6.07) is 9.90. The van der Waals surface area contributed by atoms with Crippen LogP contribution in [0, 0.1) is 5.41 Å². The summed E-state index contributed by atoms with van der Waals surface area (Å²) in [6.45, 7) is 5.65. The quantitative estimate of drug-likeness (QED) is 0.573. The molecule has 0 amide bonds. The number of hydrogen-bond acceptors (Lipinski definition) is 2. The summed E-state index contributed by atoms with van der Waals surface area (Å²) < 4.78 is 4.94. The number of allylic oxidation sites excluding steroid dienone is 1. The zero-order valence-electron chi connectivity index (χ0n) is 8.58. The van der Waals surface area contributed by atoms with Crippen LogP contribution in [0.15, 0.2) is 42.7 Å². The van der Waals surface area contributed by atoms with Crippen molar-refractivity contribution < 1.29 is 4.74 Å². The van der Waals surface area contributed by atoms with E-state index in [0.29, 0.717) is 11.5 Å². The lowest BCUT2D eigenvalue weighted by Gasteiger charge is -2.14. The first-order valence-corrected chi connectivity index (χ1v) is 4.53. The summed E-state index contributed by atoms with van der Waals surface area (Å²) in [5.41, 5.74) is 1.54. The minimum atomic E-state index is 0.0312. The van der Waals surface area contributed by atoms with Gasteiger partial charge in [-0.2, -0.15) is 0 Å². The van der Waals surface area contributed by atoms with Gasteiger partial charge < -0.3 is 10.1 Å². The van der Waals surface area contributed by atoms with E-state index < -0.39 is 0 Å². The molecule has 0 bridgehead atoms. The molecule has 1 unspecified atom stereocenters. The van der Waals surface area contributed by atoms with E-state index in [2.05, 4.69) is 6.58 Å². The van der Waals surface area contributed by atoms with Crippen molar-refractivity contribution in [3.05, 3.63) is 48.2 Å². The van der Waals surface area contributed by atoms with Crippen molar-refractivity contribution in [3.8, 4) is 0 Å². The maximum absolute atomic E-state index is 7.81. The van der Waals surface area contributed by atoms with Crippen LogP contribution in [0.2, 0.25) is 0 Å². The number of rotatable bonds is 4. The van der Waals surface area contributed by atoms with Gasteiger partial charge in [0.2, 0.25) is 0 Å². The summed E-state index contributed by atoms with van der Waals surface area (Å²) in [4.78, 5) is 0. The van der Waals surface area contributed by atoms with Gasteiger partial charge in [0.15, 0.2) is 0 Å². The highest BCUT2D eigenvalue weighted by Gasteiger charge is 2.13. The van der Waals surface area contributed by atoms with Gasteiger partial charge in [-0.05, 0) is 5.56 Å². The zero-order valence-corrected chi connectivity index (χ0v) is 8.58. The number of hydrogen-bond donors (Lipinski definition) is 1. The third-order valence-electron chi connectivity index (χ3n) is 2.28. The maximum atomic E-state index is 7.81. The lowest BCUT2D eigenvalue weighted by molar-refractivity contribution is 0.314. The monoisotopic (exact) mass is 189 g/mol. The van der Waals surface area contributed by atoms with Gasteiger partial charge >= 0.3 is 0 Å². The molecule has 14 heavy (non-hydrogen) atoms. The molecule has 1 N–H and O–H groups in total. The van der Waals surface area contributed by atoms with Gasteiger partial charge in [0.1, 0.15) is 5.76 Å². The van der Waals surface area contributed by atoms with Gasteiger partial charge in [0.05, 0.1) is 12.8 Å². The molecule has 1 aromatic rings. The second-order valence-corrected chi connectivity index (χ2v) is 3.17. The van der Waals surface area contributed by atoms with E-state index in [1.54, 1.807) is 0 Å². The number of nitrogens with one attached hydrogen (secondary N) is 1. The summed E-state index contributed by atoms with van der Waals surface area (Å²) in [6.07, 6.45) is 0. The molecular weight excluding hydrogens is 174 g/mol. The highest BCUT2D eigenvalue weighted by atomic mass is 16.5. The molecule has 0 saturated heterocycles. The lowest BCUT2D eigenvalue weighted by Crippen LogP contribution is -2.11. The molecule has 0 fully saturated rings. The largest absolute Gasteiger partial charge is 0.495 e. The molecule has 2 heteroatoms. The van der Waals surface area contributed by atoms with Crippen LogP contribution in [-0.4, -0.2) is 12.8 Å². The minimum Gasteiger partial charge on any atom is -0.495 e. The van der Waals surface area contributed by atoms with Crippen molar-refractivity contribution >= 4 is 5.71 Å². The van der Waals surface area contributed by atoms with Gasteiger partial charge in [-0.15, -0.1) is 0 Å². The maximum Gasteiger partial charge on any atom is 0.133 e. The standard InChI is InChI=1S/C12H15NO/c1-9(12(13)10(2)14-3)11-7-5-4-6-8-11/h4-9,13H,2H2,1,3H3. The highest BCUT2D eigenvalue weighted by Crippen LogP contribution is 2.19. The third-order valence-corrected chi connectivity index (χ3v) is 2.28. The van der Waals surface area contributed by atoms with E-state index in [4.69, 9.17) is 10.1 Å². The summed E-state index contributed by atoms with van der Waals surface area (Å²) in [5, 5.41) is 7.81. The van der Waals surface area contributed by atoms with Gasteiger partial charge in [-0.25, -0.2) is 0 Å². The van der Waals surface area contributed by atoms with Crippen LogP contribution >= 0.6 is 0 Å². The number of benzene rings is 1. The predicted octanol–water partition coefficient (Wildman–Crippen LogP) is 2.97. The Labute approximate surface area is 84.7 Å². The molecule has 0 aromatic heterocycles. The Kier molecular flexibility index (Phi) is 3.46. The Balaban J connectivity index is 2.81. The van der Waals surface area contributed by atoms with Gasteiger partial charge in [0.25, 0.3) is 0 Å². The average Bonchev–Trinajstić information content (AvgIpc) is 2.27. The lowest BCUT2D eigenvalue weighted by atomic mass is 9.95. The second-order valence-electron chi connectivity index (χ2n) is 3.17. The Hall–Kier alpha value is -1.57. The number of methoxy groups -OCH3 is 1. The number of ether oxygens (including phenoxy) is 1. The molecule has 0 heterocycles. The Morgan fingerprint density at radius 3 is 2.43 bits per heavy atom. The van der Waals surface area contributed by atoms with Crippen LogP contribution in [0.4, 0.5) is 0 Å². The normalized spacial score (nSPS) is 11.9. The molecule has 74 valence electrons. The van der Waals surface area contributed by atoms with Crippen molar-refractivity contribution in [2.75, 3.05) is 7.11 Å². The molecule has 1 atom stereocenters. The van der Waals surface area contributed by atoms with Gasteiger partial charge in [-0.3, -0.25) is 0 Å². The van der Waals surface area contributed by atoms with E-state index in [0.717, 1.165) is 5.56 Å². The summed E-state index contributed by atoms with van der Waals surface area (Å²) >= 11 is 0. The topological polar surface area (TPSA) is 33.1 Å². The molecule has 2 nitrogen and oxygen atoms in total. The molecule has 1 aromatic carbocycles.